The zero-order chi connectivity index (χ0) is 22.4. The minimum atomic E-state index is -1.55. The van der Waals surface area contributed by atoms with Crippen LogP contribution in [0.5, 0.6) is 28.7 Å². The van der Waals surface area contributed by atoms with E-state index in [1.54, 1.807) is 0 Å². The summed E-state index contributed by atoms with van der Waals surface area (Å²) >= 11 is 0. The van der Waals surface area contributed by atoms with E-state index in [4.69, 9.17) is 14.2 Å². The van der Waals surface area contributed by atoms with Gasteiger partial charge in [0.1, 0.15) is 41.1 Å². The van der Waals surface area contributed by atoms with Crippen LogP contribution in [0.25, 0.3) is 6.08 Å². The molecule has 10 heteroatoms. The predicted molar refractivity (Wildman–Crippen MR) is 104 cm³/mol. The van der Waals surface area contributed by atoms with Crippen molar-refractivity contribution in [2.75, 3.05) is 0 Å². The summed E-state index contributed by atoms with van der Waals surface area (Å²) in [4.78, 5) is 12.6. The van der Waals surface area contributed by atoms with Crippen molar-refractivity contribution in [3.63, 3.8) is 0 Å². The van der Waals surface area contributed by atoms with Crippen molar-refractivity contribution >= 4 is 11.9 Å². The first-order chi connectivity index (χ1) is 14.7. The normalized spacial score (nSPS) is 29.0. The van der Waals surface area contributed by atoms with E-state index in [-0.39, 0.29) is 34.3 Å². The fraction of sp³-hybridized carbons (Fsp3) is 0.286. The van der Waals surface area contributed by atoms with Crippen LogP contribution in [0.2, 0.25) is 0 Å². The van der Waals surface area contributed by atoms with Gasteiger partial charge in [0.05, 0.1) is 6.10 Å². The Morgan fingerprint density at radius 2 is 1.68 bits per heavy atom. The van der Waals surface area contributed by atoms with Crippen LogP contribution in [0.15, 0.2) is 36.1 Å². The largest absolute Gasteiger partial charge is 0.507 e. The third-order valence-corrected chi connectivity index (χ3v) is 5.08. The van der Waals surface area contributed by atoms with Crippen LogP contribution in [0.1, 0.15) is 22.8 Å². The van der Waals surface area contributed by atoms with Gasteiger partial charge in [-0.05, 0) is 30.7 Å². The Labute approximate surface area is 175 Å². The lowest BCUT2D eigenvalue weighted by atomic mass is 10.00. The molecule has 2 aromatic carbocycles. The summed E-state index contributed by atoms with van der Waals surface area (Å²) in [5, 5.41) is 59.0. The number of Topliss-reactive ketones (excluding diaryl/α,β-unsaturated/α-hetero) is 1. The number of aliphatic hydroxyl groups excluding tert-OH is 3. The molecule has 0 bridgehead atoms. The Bertz CT molecular complexity index is 1060. The van der Waals surface area contributed by atoms with Gasteiger partial charge in [0.2, 0.25) is 12.1 Å². The predicted octanol–water partition coefficient (Wildman–Crippen LogP) is 0.626. The number of phenolic OH excluding ortho intramolecular Hbond substituents is 3. The van der Waals surface area contributed by atoms with Crippen molar-refractivity contribution in [3.05, 3.63) is 47.2 Å². The first-order valence-electron chi connectivity index (χ1n) is 9.35. The summed E-state index contributed by atoms with van der Waals surface area (Å²) in [7, 11) is 0. The Balaban J connectivity index is 1.59. The van der Waals surface area contributed by atoms with Crippen LogP contribution in [0, 0.1) is 0 Å². The van der Waals surface area contributed by atoms with Gasteiger partial charge >= 0.3 is 0 Å². The summed E-state index contributed by atoms with van der Waals surface area (Å²) in [6.45, 7) is 1.50. The van der Waals surface area contributed by atoms with E-state index < -0.39 is 42.2 Å². The van der Waals surface area contributed by atoms with Gasteiger partial charge in [-0.3, -0.25) is 4.79 Å². The second kappa shape index (κ2) is 7.75. The number of allylic oxidation sites excluding steroid dienone is 1. The molecule has 5 atom stereocenters. The van der Waals surface area contributed by atoms with Gasteiger partial charge in [0.15, 0.2) is 17.3 Å². The SMILES string of the molecule is CC1OC(Oc2cc(O)c3c(c2)OC(=Cc2ccc(O)c(O)c2)C3=O)C(O)C(O)C1O. The van der Waals surface area contributed by atoms with Crippen LogP contribution in [-0.2, 0) is 4.74 Å². The van der Waals surface area contributed by atoms with E-state index >= 15 is 0 Å². The third kappa shape index (κ3) is 3.77. The van der Waals surface area contributed by atoms with Crippen LogP contribution in [0.4, 0.5) is 0 Å². The van der Waals surface area contributed by atoms with Crippen molar-refractivity contribution < 1.29 is 49.6 Å². The first-order valence-corrected chi connectivity index (χ1v) is 9.35. The molecule has 2 heterocycles. The molecule has 4 rings (SSSR count). The molecule has 5 unspecified atom stereocenters. The minimum Gasteiger partial charge on any atom is -0.507 e. The fourth-order valence-electron chi connectivity index (χ4n) is 3.36. The van der Waals surface area contributed by atoms with Gasteiger partial charge < -0.3 is 44.8 Å². The van der Waals surface area contributed by atoms with Crippen LogP contribution in [0.3, 0.4) is 0 Å². The number of hydrogen-bond acceptors (Lipinski definition) is 10. The summed E-state index contributed by atoms with van der Waals surface area (Å²) in [6.07, 6.45) is -5.17. The molecule has 0 aliphatic carbocycles. The standard InChI is InChI=1S/C21H20O10/c1-8-17(25)19(27)20(28)21(29-8)30-10-6-13(24)16-14(7-10)31-15(18(16)26)5-9-2-3-11(22)12(23)4-9/h2-8,17,19-25,27-28H,1H3. The maximum Gasteiger partial charge on any atom is 0.235 e. The van der Waals surface area contributed by atoms with Gasteiger partial charge in [-0.2, -0.15) is 0 Å². The molecule has 0 spiro atoms. The van der Waals surface area contributed by atoms with E-state index in [0.29, 0.717) is 5.56 Å². The zero-order valence-corrected chi connectivity index (χ0v) is 16.2. The molecule has 1 fully saturated rings. The number of fused-ring (bicyclic) bond motifs is 1. The molecule has 0 radical (unpaired) electrons. The summed E-state index contributed by atoms with van der Waals surface area (Å²) in [5.74, 6) is -1.87. The van der Waals surface area contributed by atoms with E-state index in [9.17, 15) is 35.4 Å². The second-order valence-electron chi connectivity index (χ2n) is 7.30. The topological polar surface area (TPSA) is 166 Å². The molecule has 2 aliphatic rings. The molecule has 2 aromatic rings. The number of rotatable bonds is 3. The lowest BCUT2D eigenvalue weighted by Crippen LogP contribution is -2.58. The molecular formula is C21H20O10. The number of aliphatic hydroxyl groups is 3. The van der Waals surface area contributed by atoms with Crippen molar-refractivity contribution in [2.45, 2.75) is 37.6 Å². The maximum atomic E-state index is 12.6. The van der Waals surface area contributed by atoms with Crippen LogP contribution < -0.4 is 9.47 Å². The number of carbonyl (C=O) groups is 1. The Hall–Kier alpha value is -3.31. The Morgan fingerprint density at radius 1 is 0.935 bits per heavy atom. The van der Waals surface area contributed by atoms with Crippen molar-refractivity contribution in [3.8, 4) is 28.7 Å². The Morgan fingerprint density at radius 3 is 2.39 bits per heavy atom. The van der Waals surface area contributed by atoms with E-state index in [2.05, 4.69) is 0 Å². The van der Waals surface area contributed by atoms with Gasteiger partial charge in [0, 0.05) is 12.1 Å². The van der Waals surface area contributed by atoms with Crippen LogP contribution in [-0.4, -0.2) is 67.1 Å². The molecule has 0 amide bonds. The highest BCUT2D eigenvalue weighted by molar-refractivity contribution is 6.16. The average Bonchev–Trinajstić information content (AvgIpc) is 3.03. The lowest BCUT2D eigenvalue weighted by molar-refractivity contribution is -0.268. The molecule has 10 nitrogen and oxygen atoms in total. The number of aromatic hydroxyl groups is 3. The van der Waals surface area contributed by atoms with Crippen molar-refractivity contribution in [1.82, 2.24) is 0 Å². The highest BCUT2D eigenvalue weighted by Gasteiger charge is 2.43. The van der Waals surface area contributed by atoms with E-state index in [1.807, 2.05) is 0 Å². The quantitative estimate of drug-likeness (QED) is 0.299. The van der Waals surface area contributed by atoms with Gasteiger partial charge in [-0.1, -0.05) is 6.07 Å². The highest BCUT2D eigenvalue weighted by Crippen LogP contribution is 2.42. The Kier molecular flexibility index (Phi) is 5.23. The third-order valence-electron chi connectivity index (χ3n) is 5.08. The summed E-state index contributed by atoms with van der Waals surface area (Å²) < 4.78 is 16.4. The number of phenols is 3. The number of ketones is 1. The molecule has 0 saturated carbocycles. The average molecular weight is 432 g/mol. The number of ether oxygens (including phenoxy) is 3. The van der Waals surface area contributed by atoms with Crippen molar-refractivity contribution in [1.29, 1.82) is 0 Å². The van der Waals surface area contributed by atoms with Crippen LogP contribution >= 0.6 is 0 Å². The monoisotopic (exact) mass is 432 g/mol. The molecule has 2 aliphatic heterocycles. The maximum absolute atomic E-state index is 12.6. The number of benzene rings is 2. The van der Waals surface area contributed by atoms with Gasteiger partial charge in [0.25, 0.3) is 0 Å². The van der Waals surface area contributed by atoms with Gasteiger partial charge in [-0.15, -0.1) is 0 Å². The number of hydrogen-bond donors (Lipinski definition) is 6. The smallest absolute Gasteiger partial charge is 0.235 e. The molecule has 164 valence electrons. The second-order valence-corrected chi connectivity index (χ2v) is 7.30. The molecule has 1 saturated heterocycles. The first kappa shape index (κ1) is 20.9. The molecule has 6 N–H and O–H groups in total. The van der Waals surface area contributed by atoms with Gasteiger partial charge in [-0.25, -0.2) is 0 Å². The zero-order valence-electron chi connectivity index (χ0n) is 16.2. The fourth-order valence-corrected chi connectivity index (χ4v) is 3.36. The van der Waals surface area contributed by atoms with E-state index in [1.165, 1.54) is 37.3 Å². The van der Waals surface area contributed by atoms with Crippen molar-refractivity contribution in [2.24, 2.45) is 0 Å². The summed E-state index contributed by atoms with van der Waals surface area (Å²) in [5.41, 5.74) is 0.276. The molecule has 0 aromatic heterocycles. The molecule has 31 heavy (non-hydrogen) atoms. The lowest BCUT2D eigenvalue weighted by Gasteiger charge is -2.38. The summed E-state index contributed by atoms with van der Waals surface area (Å²) in [6, 6.07) is 6.38. The highest BCUT2D eigenvalue weighted by atomic mass is 16.7. The number of carbonyl (C=O) groups excluding carboxylic acids is 1. The van der Waals surface area contributed by atoms with E-state index in [0.717, 1.165) is 6.07 Å². The molecular weight excluding hydrogens is 412 g/mol. The minimum absolute atomic E-state index is 0.00631.